The van der Waals surface area contributed by atoms with Crippen LogP contribution in [0.15, 0.2) is 133 Å². The molecule has 0 bridgehead atoms. The Morgan fingerprint density at radius 3 is 2.26 bits per heavy atom. The minimum absolute atomic E-state index is 0.0822. The van der Waals surface area contributed by atoms with Crippen LogP contribution in [0.1, 0.15) is 17.5 Å². The number of para-hydroxylation sites is 3. The Balaban J connectivity index is 1.25. The van der Waals surface area contributed by atoms with E-state index in [0.29, 0.717) is 0 Å². The van der Waals surface area contributed by atoms with Crippen LogP contribution in [0.5, 0.6) is 5.75 Å². The van der Waals surface area contributed by atoms with Crippen molar-refractivity contribution in [3.8, 4) is 5.75 Å². The first kappa shape index (κ1) is 25.0. The molecule has 0 spiro atoms. The van der Waals surface area contributed by atoms with Crippen molar-refractivity contribution < 1.29 is 4.74 Å². The zero-order valence-electron chi connectivity index (χ0n) is 23.6. The van der Waals surface area contributed by atoms with E-state index in [9.17, 15) is 0 Å². The third kappa shape index (κ3) is 4.10. The molecular weight excluding hydrogens is 532 g/mol. The standard InChI is InChI=1S/C38H30N2OS/c1-25-21-30(24-37-38(25)33-22-28(18-20-36(33)42-37)39(2)26-11-5-3-6-12-26)40(27-13-7-4-8-14-27)29-17-19-35-32(23-29)31-15-9-10-16-34(31)41-35/h3-18,20-24,35H,19H2,1-2H3. The fourth-order valence-corrected chi connectivity index (χ4v) is 7.59. The van der Waals surface area contributed by atoms with Crippen LogP contribution in [0.2, 0.25) is 0 Å². The maximum Gasteiger partial charge on any atom is 0.128 e. The summed E-state index contributed by atoms with van der Waals surface area (Å²) in [6.07, 6.45) is 5.58. The zero-order chi connectivity index (χ0) is 28.2. The molecule has 0 amide bonds. The monoisotopic (exact) mass is 562 g/mol. The molecule has 2 aliphatic rings. The molecule has 3 nitrogen and oxygen atoms in total. The highest BCUT2D eigenvalue weighted by Crippen LogP contribution is 2.46. The molecule has 204 valence electrons. The number of thiophene rings is 1. The van der Waals surface area contributed by atoms with Crippen molar-refractivity contribution in [2.45, 2.75) is 19.4 Å². The van der Waals surface area contributed by atoms with E-state index < -0.39 is 0 Å². The highest BCUT2D eigenvalue weighted by atomic mass is 32.1. The summed E-state index contributed by atoms with van der Waals surface area (Å²) >= 11 is 1.87. The van der Waals surface area contributed by atoms with Gasteiger partial charge in [-0.1, -0.05) is 60.7 Å². The maximum absolute atomic E-state index is 6.28. The third-order valence-corrected chi connectivity index (χ3v) is 9.57. The second kappa shape index (κ2) is 9.93. The van der Waals surface area contributed by atoms with Crippen LogP contribution in [0.25, 0.3) is 25.7 Å². The normalized spacial score (nSPS) is 15.5. The van der Waals surface area contributed by atoms with Gasteiger partial charge in [0.05, 0.1) is 0 Å². The number of benzene rings is 5. The molecule has 1 unspecified atom stereocenters. The van der Waals surface area contributed by atoms with Crippen LogP contribution in [0, 0.1) is 6.92 Å². The average molecular weight is 563 g/mol. The molecule has 0 N–H and O–H groups in total. The summed E-state index contributed by atoms with van der Waals surface area (Å²) in [4.78, 5) is 4.65. The van der Waals surface area contributed by atoms with E-state index in [4.69, 9.17) is 4.74 Å². The number of allylic oxidation sites excluding steroid dienone is 1. The summed E-state index contributed by atoms with van der Waals surface area (Å²) in [5.41, 5.74) is 9.63. The molecule has 4 heteroatoms. The molecule has 1 aliphatic heterocycles. The Morgan fingerprint density at radius 1 is 0.714 bits per heavy atom. The number of hydrogen-bond acceptors (Lipinski definition) is 4. The molecule has 0 saturated heterocycles. The van der Waals surface area contributed by atoms with Gasteiger partial charge in [-0.05, 0) is 79.2 Å². The lowest BCUT2D eigenvalue weighted by Gasteiger charge is -2.30. The van der Waals surface area contributed by atoms with Gasteiger partial charge >= 0.3 is 0 Å². The van der Waals surface area contributed by atoms with Crippen LogP contribution in [-0.4, -0.2) is 13.2 Å². The Kier molecular flexibility index (Phi) is 5.90. The van der Waals surface area contributed by atoms with Gasteiger partial charge in [-0.15, -0.1) is 11.3 Å². The minimum Gasteiger partial charge on any atom is -0.485 e. The van der Waals surface area contributed by atoms with Crippen LogP contribution in [0.3, 0.4) is 0 Å². The van der Waals surface area contributed by atoms with E-state index in [2.05, 4.69) is 145 Å². The predicted octanol–water partition coefficient (Wildman–Crippen LogP) is 10.4. The van der Waals surface area contributed by atoms with Crippen molar-refractivity contribution in [3.63, 3.8) is 0 Å². The molecule has 1 atom stereocenters. The zero-order valence-corrected chi connectivity index (χ0v) is 24.4. The fraction of sp³-hybridized carbons (Fsp3) is 0.105. The van der Waals surface area contributed by atoms with Crippen LogP contribution < -0.4 is 14.5 Å². The van der Waals surface area contributed by atoms with Crippen molar-refractivity contribution in [3.05, 3.63) is 144 Å². The topological polar surface area (TPSA) is 15.7 Å². The Bertz CT molecular complexity index is 2020. The molecular formula is C38H30N2OS. The quantitative estimate of drug-likeness (QED) is 0.208. The van der Waals surface area contributed by atoms with Gasteiger partial charge in [0.15, 0.2) is 0 Å². The SMILES string of the molecule is Cc1cc(N(C2=CCC3Oc4ccccc4C3=C2)c2ccccc2)cc2sc3ccc(N(C)c4ccccc4)cc3c12. The molecule has 1 aliphatic carbocycles. The van der Waals surface area contributed by atoms with Gasteiger partial charge in [-0.3, -0.25) is 0 Å². The number of ether oxygens (including phenoxy) is 1. The second-order valence-corrected chi connectivity index (χ2v) is 12.1. The van der Waals surface area contributed by atoms with Crippen LogP contribution in [-0.2, 0) is 0 Å². The summed E-state index contributed by atoms with van der Waals surface area (Å²) < 4.78 is 8.89. The van der Waals surface area contributed by atoms with E-state index in [1.165, 1.54) is 59.6 Å². The third-order valence-electron chi connectivity index (χ3n) is 8.46. The minimum atomic E-state index is 0.0822. The number of nitrogens with zero attached hydrogens (tertiary/aromatic N) is 2. The van der Waals surface area contributed by atoms with Crippen molar-refractivity contribution in [1.82, 2.24) is 0 Å². The summed E-state index contributed by atoms with van der Waals surface area (Å²) in [5.74, 6) is 0.981. The Labute approximate surface area is 250 Å². The summed E-state index contributed by atoms with van der Waals surface area (Å²) in [6, 6.07) is 41.2. The molecule has 5 aromatic carbocycles. The summed E-state index contributed by atoms with van der Waals surface area (Å²) in [6.45, 7) is 2.25. The first-order valence-corrected chi connectivity index (χ1v) is 15.2. The molecule has 2 heterocycles. The highest BCUT2D eigenvalue weighted by Gasteiger charge is 2.31. The lowest BCUT2D eigenvalue weighted by atomic mass is 9.94. The lowest BCUT2D eigenvalue weighted by molar-refractivity contribution is 0.278. The maximum atomic E-state index is 6.28. The first-order chi connectivity index (χ1) is 20.6. The van der Waals surface area contributed by atoms with E-state index >= 15 is 0 Å². The van der Waals surface area contributed by atoms with Gasteiger partial charge in [0.1, 0.15) is 11.9 Å². The number of anilines is 4. The first-order valence-electron chi connectivity index (χ1n) is 14.4. The van der Waals surface area contributed by atoms with Gasteiger partial charge in [-0.25, -0.2) is 0 Å². The predicted molar refractivity (Wildman–Crippen MR) is 179 cm³/mol. The van der Waals surface area contributed by atoms with Crippen LogP contribution in [0.4, 0.5) is 22.7 Å². The summed E-state index contributed by atoms with van der Waals surface area (Å²) in [7, 11) is 2.14. The molecule has 1 aromatic heterocycles. The van der Waals surface area contributed by atoms with Crippen LogP contribution >= 0.6 is 11.3 Å². The highest BCUT2D eigenvalue weighted by molar-refractivity contribution is 7.25. The van der Waals surface area contributed by atoms with E-state index in [1.807, 2.05) is 17.4 Å². The van der Waals surface area contributed by atoms with Gasteiger partial charge in [0.25, 0.3) is 0 Å². The van der Waals surface area contributed by atoms with E-state index in [-0.39, 0.29) is 6.10 Å². The largest absolute Gasteiger partial charge is 0.485 e. The lowest BCUT2D eigenvalue weighted by Crippen LogP contribution is -2.21. The second-order valence-electron chi connectivity index (χ2n) is 11.1. The smallest absolute Gasteiger partial charge is 0.128 e. The van der Waals surface area contributed by atoms with E-state index in [0.717, 1.165) is 17.9 Å². The Hall–Kier alpha value is -4.80. The molecule has 0 saturated carbocycles. The fourth-order valence-electron chi connectivity index (χ4n) is 6.39. The molecule has 8 rings (SSSR count). The number of hydrogen-bond donors (Lipinski definition) is 0. The van der Waals surface area contributed by atoms with Crippen molar-refractivity contribution in [2.75, 3.05) is 16.8 Å². The molecule has 0 fully saturated rings. The van der Waals surface area contributed by atoms with E-state index in [1.54, 1.807) is 0 Å². The number of aryl methyl sites for hydroxylation is 1. The van der Waals surface area contributed by atoms with Crippen molar-refractivity contribution in [2.24, 2.45) is 0 Å². The molecule has 42 heavy (non-hydrogen) atoms. The van der Waals surface area contributed by atoms with Crippen molar-refractivity contribution >= 4 is 59.8 Å². The molecule has 6 aromatic rings. The van der Waals surface area contributed by atoms with Gasteiger partial charge in [0.2, 0.25) is 0 Å². The molecule has 0 radical (unpaired) electrons. The number of fused-ring (bicyclic) bond motifs is 6. The average Bonchev–Trinajstić information content (AvgIpc) is 3.59. The van der Waals surface area contributed by atoms with Gasteiger partial charge < -0.3 is 14.5 Å². The van der Waals surface area contributed by atoms with Gasteiger partial charge in [0, 0.05) is 73.2 Å². The van der Waals surface area contributed by atoms with Gasteiger partial charge in [-0.2, -0.15) is 0 Å². The number of rotatable bonds is 5. The summed E-state index contributed by atoms with van der Waals surface area (Å²) in [5, 5.41) is 2.65. The van der Waals surface area contributed by atoms with Crippen molar-refractivity contribution in [1.29, 1.82) is 0 Å². The Morgan fingerprint density at radius 2 is 1.45 bits per heavy atom.